The van der Waals surface area contributed by atoms with Crippen LogP contribution in [0.15, 0.2) is 59.1 Å². The first-order valence-corrected chi connectivity index (χ1v) is 12.0. The van der Waals surface area contributed by atoms with Gasteiger partial charge in [0.25, 0.3) is 0 Å². The maximum atomic E-state index is 14.5. The highest BCUT2D eigenvalue weighted by atomic mass is 79.9. The molecular formula is C27H24BrFO7. The fraction of sp³-hybridized carbons (Fsp3) is 0.296. The van der Waals surface area contributed by atoms with Gasteiger partial charge in [-0.25, -0.2) is 4.39 Å². The minimum atomic E-state index is -1.87. The molecule has 36 heavy (non-hydrogen) atoms. The number of hydrogen-bond acceptors (Lipinski definition) is 7. The molecule has 0 aromatic heterocycles. The molecule has 3 aromatic carbocycles. The third kappa shape index (κ3) is 3.22. The van der Waals surface area contributed by atoms with Crippen LogP contribution in [0.5, 0.6) is 23.0 Å². The average molecular weight is 559 g/mol. The molecule has 7 nitrogen and oxygen atoms in total. The van der Waals surface area contributed by atoms with Crippen LogP contribution in [0.2, 0.25) is 0 Å². The van der Waals surface area contributed by atoms with Gasteiger partial charge in [0.05, 0.1) is 32.8 Å². The third-order valence-corrected chi connectivity index (χ3v) is 7.78. The van der Waals surface area contributed by atoms with Crippen LogP contribution in [-0.4, -0.2) is 37.5 Å². The van der Waals surface area contributed by atoms with Gasteiger partial charge in [-0.1, -0.05) is 40.2 Å². The van der Waals surface area contributed by atoms with Gasteiger partial charge >= 0.3 is 5.97 Å². The van der Waals surface area contributed by atoms with Crippen LogP contribution in [0.3, 0.4) is 0 Å². The van der Waals surface area contributed by atoms with E-state index in [0.29, 0.717) is 11.1 Å². The number of fused-ring (bicyclic) bond motifs is 3. The van der Waals surface area contributed by atoms with E-state index in [-0.39, 0.29) is 35.0 Å². The highest BCUT2D eigenvalue weighted by Gasteiger charge is 2.74. The Morgan fingerprint density at radius 3 is 2.44 bits per heavy atom. The summed E-state index contributed by atoms with van der Waals surface area (Å²) in [5, 5.41) is 23.5. The SMILES string of the molecule is COC(=O)C1CC2(O)c3c(cc(OC)c(O)c3OC)OC2(c2ccc(Br)cc2)C1c1cccc(F)c1. The van der Waals surface area contributed by atoms with Crippen molar-refractivity contribution in [3.05, 3.63) is 81.6 Å². The van der Waals surface area contributed by atoms with E-state index < -0.39 is 34.8 Å². The van der Waals surface area contributed by atoms with Crippen molar-refractivity contribution >= 4 is 21.9 Å². The van der Waals surface area contributed by atoms with Crippen LogP contribution in [0.25, 0.3) is 0 Å². The molecule has 1 aliphatic heterocycles. The molecule has 2 N–H and O–H groups in total. The first-order valence-electron chi connectivity index (χ1n) is 11.2. The van der Waals surface area contributed by atoms with Crippen LogP contribution in [-0.2, 0) is 20.7 Å². The third-order valence-electron chi connectivity index (χ3n) is 7.25. The average Bonchev–Trinajstić information content (AvgIpc) is 3.27. The summed E-state index contributed by atoms with van der Waals surface area (Å²) in [7, 11) is 4.01. The maximum Gasteiger partial charge on any atom is 0.309 e. The molecule has 2 aliphatic rings. The molecule has 0 radical (unpaired) electrons. The zero-order valence-corrected chi connectivity index (χ0v) is 21.3. The monoisotopic (exact) mass is 558 g/mol. The number of methoxy groups -OCH3 is 3. The second kappa shape index (κ2) is 8.67. The Morgan fingerprint density at radius 1 is 1.11 bits per heavy atom. The topological polar surface area (TPSA) is 94.5 Å². The molecule has 1 aliphatic carbocycles. The van der Waals surface area contributed by atoms with Gasteiger partial charge in [0, 0.05) is 16.5 Å². The zero-order chi connectivity index (χ0) is 25.8. The van der Waals surface area contributed by atoms with Crippen molar-refractivity contribution in [1.82, 2.24) is 0 Å². The van der Waals surface area contributed by atoms with Gasteiger partial charge in [-0.3, -0.25) is 4.79 Å². The fourth-order valence-corrected chi connectivity index (χ4v) is 6.14. The first-order chi connectivity index (χ1) is 17.2. The Morgan fingerprint density at radius 2 is 1.83 bits per heavy atom. The standard InChI is InChI=1S/C27H24BrFO7/c1-33-20-12-19-22(24(34-2)23(20)30)26(32)13-18(25(31)35-3)21(14-5-4-6-17(29)11-14)27(26,36-19)15-7-9-16(28)10-8-15/h4-12,18,21,30,32H,13H2,1-3H3. The summed E-state index contributed by atoms with van der Waals surface area (Å²) in [5.74, 6) is -2.89. The van der Waals surface area contributed by atoms with E-state index in [1.807, 2.05) is 0 Å². The summed E-state index contributed by atoms with van der Waals surface area (Å²) in [5.41, 5.74) is -2.30. The van der Waals surface area contributed by atoms with Gasteiger partial charge < -0.3 is 29.2 Å². The molecule has 1 fully saturated rings. The smallest absolute Gasteiger partial charge is 0.309 e. The van der Waals surface area contributed by atoms with Crippen LogP contribution >= 0.6 is 15.9 Å². The lowest BCUT2D eigenvalue weighted by Gasteiger charge is -2.40. The minimum Gasteiger partial charge on any atom is -0.502 e. The van der Waals surface area contributed by atoms with Crippen LogP contribution in [0.1, 0.15) is 29.0 Å². The number of carbonyl (C=O) groups is 1. The van der Waals surface area contributed by atoms with E-state index >= 15 is 0 Å². The minimum absolute atomic E-state index is 0.0330. The summed E-state index contributed by atoms with van der Waals surface area (Å²) in [6.45, 7) is 0. The van der Waals surface area contributed by atoms with Gasteiger partial charge in [0.2, 0.25) is 5.75 Å². The molecular weight excluding hydrogens is 535 g/mol. The number of aromatic hydroxyl groups is 1. The highest BCUT2D eigenvalue weighted by molar-refractivity contribution is 9.10. The lowest BCUT2D eigenvalue weighted by molar-refractivity contribution is -0.146. The molecule has 3 aromatic rings. The molecule has 0 saturated heterocycles. The Hall–Kier alpha value is -3.30. The van der Waals surface area contributed by atoms with E-state index in [0.717, 1.165) is 4.47 Å². The normalized spacial score (nSPS) is 26.1. The van der Waals surface area contributed by atoms with Crippen molar-refractivity contribution < 1.29 is 38.3 Å². The maximum absolute atomic E-state index is 14.5. The number of ether oxygens (including phenoxy) is 4. The van der Waals surface area contributed by atoms with E-state index in [1.54, 1.807) is 36.4 Å². The molecule has 0 amide bonds. The molecule has 4 atom stereocenters. The molecule has 5 rings (SSSR count). The van der Waals surface area contributed by atoms with Gasteiger partial charge in [-0.05, 0) is 41.8 Å². The summed E-state index contributed by atoms with van der Waals surface area (Å²) >= 11 is 3.44. The van der Waals surface area contributed by atoms with Crippen molar-refractivity contribution in [2.45, 2.75) is 23.5 Å². The van der Waals surface area contributed by atoms with Crippen molar-refractivity contribution in [2.24, 2.45) is 5.92 Å². The Kier molecular flexibility index (Phi) is 5.88. The number of benzene rings is 3. The number of rotatable bonds is 5. The molecule has 188 valence electrons. The molecule has 1 saturated carbocycles. The Labute approximate surface area is 215 Å². The lowest BCUT2D eigenvalue weighted by Crippen LogP contribution is -2.48. The van der Waals surface area contributed by atoms with E-state index in [1.165, 1.54) is 39.5 Å². The van der Waals surface area contributed by atoms with E-state index in [2.05, 4.69) is 15.9 Å². The Bertz CT molecular complexity index is 1340. The number of hydrogen-bond donors (Lipinski definition) is 2. The fourth-order valence-electron chi connectivity index (χ4n) is 5.88. The molecule has 9 heteroatoms. The van der Waals surface area contributed by atoms with E-state index in [9.17, 15) is 19.4 Å². The van der Waals surface area contributed by atoms with Gasteiger partial charge in [0.15, 0.2) is 17.1 Å². The predicted octanol–water partition coefficient (Wildman–Crippen LogP) is 4.76. The van der Waals surface area contributed by atoms with Crippen molar-refractivity contribution in [3.63, 3.8) is 0 Å². The van der Waals surface area contributed by atoms with Crippen molar-refractivity contribution in [3.8, 4) is 23.0 Å². The van der Waals surface area contributed by atoms with Crippen LogP contribution in [0, 0.1) is 11.7 Å². The second-order valence-corrected chi connectivity index (χ2v) is 9.82. The number of aliphatic hydroxyl groups is 1. The number of phenolic OH excluding ortho intramolecular Hbond substituents is 1. The summed E-state index contributed by atoms with van der Waals surface area (Å²) in [6.07, 6.45) is -0.133. The number of esters is 1. The molecule has 1 heterocycles. The summed E-state index contributed by atoms with van der Waals surface area (Å²) in [4.78, 5) is 13.1. The highest BCUT2D eigenvalue weighted by Crippen LogP contribution is 2.71. The van der Waals surface area contributed by atoms with Crippen molar-refractivity contribution in [2.75, 3.05) is 21.3 Å². The van der Waals surface area contributed by atoms with Crippen LogP contribution < -0.4 is 14.2 Å². The predicted molar refractivity (Wildman–Crippen MR) is 131 cm³/mol. The first kappa shape index (κ1) is 24.4. The molecule has 4 unspecified atom stereocenters. The van der Waals surface area contributed by atoms with Crippen LogP contribution in [0.4, 0.5) is 4.39 Å². The summed E-state index contributed by atoms with van der Waals surface area (Å²) < 4.78 is 37.9. The van der Waals surface area contributed by atoms with Crippen molar-refractivity contribution in [1.29, 1.82) is 0 Å². The summed E-state index contributed by atoms with van der Waals surface area (Å²) in [6, 6.07) is 14.5. The van der Waals surface area contributed by atoms with Gasteiger partial charge in [-0.2, -0.15) is 0 Å². The second-order valence-electron chi connectivity index (χ2n) is 8.91. The number of halogens is 2. The Balaban J connectivity index is 1.88. The number of carbonyl (C=O) groups excluding carboxylic acids is 1. The zero-order valence-electron chi connectivity index (χ0n) is 19.7. The van der Waals surface area contributed by atoms with Gasteiger partial charge in [0.1, 0.15) is 17.2 Å². The molecule has 0 bridgehead atoms. The van der Waals surface area contributed by atoms with Gasteiger partial charge in [-0.15, -0.1) is 0 Å². The molecule has 0 spiro atoms. The lowest BCUT2D eigenvalue weighted by atomic mass is 9.70. The number of phenols is 1. The van der Waals surface area contributed by atoms with E-state index in [4.69, 9.17) is 18.9 Å². The largest absolute Gasteiger partial charge is 0.502 e. The quantitative estimate of drug-likeness (QED) is 0.436.